The van der Waals surface area contributed by atoms with E-state index < -0.39 is 11.7 Å². The Balaban J connectivity index is 0.000000496. The minimum absolute atomic E-state index is 0.0412. The Kier molecular flexibility index (Phi) is 16.7. The molecule has 0 bridgehead atoms. The number of hydrogen-bond donors (Lipinski definition) is 4. The summed E-state index contributed by atoms with van der Waals surface area (Å²) in [5, 5.41) is 2.94. The van der Waals surface area contributed by atoms with E-state index in [0.29, 0.717) is 44.6 Å². The van der Waals surface area contributed by atoms with Crippen molar-refractivity contribution >= 4 is 23.3 Å². The maximum Gasteiger partial charge on any atom is 0.227 e. The van der Waals surface area contributed by atoms with Crippen molar-refractivity contribution in [2.75, 3.05) is 31.5 Å². The first-order chi connectivity index (χ1) is 20.2. The van der Waals surface area contributed by atoms with Gasteiger partial charge in [-0.15, -0.1) is 0 Å². The van der Waals surface area contributed by atoms with Crippen LogP contribution < -0.4 is 27.3 Å². The minimum atomic E-state index is -1.35. The molecule has 2 rings (SSSR count). The smallest absolute Gasteiger partial charge is 0.227 e. The number of amides is 2. The summed E-state index contributed by atoms with van der Waals surface area (Å²) in [5.74, 6) is 0.418. The average Bonchev–Trinajstić information content (AvgIpc) is 2.96. The summed E-state index contributed by atoms with van der Waals surface area (Å²) in [6, 6.07) is 14.2. The number of nitrogens with one attached hydrogen (secondary N) is 1. The lowest BCUT2D eigenvalue weighted by molar-refractivity contribution is -0.131. The Morgan fingerprint density at radius 2 is 1.53 bits per heavy atom. The molecule has 2 aromatic carbocycles. The van der Waals surface area contributed by atoms with Crippen LogP contribution in [-0.4, -0.2) is 60.8 Å². The highest BCUT2D eigenvalue weighted by Gasteiger charge is 2.19. The Bertz CT molecular complexity index is 1110. The highest BCUT2D eigenvalue weighted by Crippen LogP contribution is 2.25. The highest BCUT2D eigenvalue weighted by molar-refractivity contribution is 5.92. The van der Waals surface area contributed by atoms with E-state index in [1.54, 1.807) is 17.0 Å². The molecule has 9 nitrogen and oxygen atoms in total. The van der Waals surface area contributed by atoms with Gasteiger partial charge in [-0.3, -0.25) is 14.4 Å². The zero-order chi connectivity index (χ0) is 32.6. The van der Waals surface area contributed by atoms with E-state index in [4.69, 9.17) is 21.9 Å². The average molecular weight is 602 g/mol. The SMILES string of the molecule is CC(=O)C(N)CCC(=O)N(CCN)CCN.CCC(C)Oc1ccc(NC(=O)C(C)Cc2ccc(C(C)(C)F)cc2)cc1. The van der Waals surface area contributed by atoms with Crippen LogP contribution in [0.1, 0.15) is 71.9 Å². The topological polar surface area (TPSA) is 154 Å². The van der Waals surface area contributed by atoms with Gasteiger partial charge in [0.05, 0.1) is 12.1 Å². The van der Waals surface area contributed by atoms with E-state index in [1.807, 2.05) is 50.2 Å². The third-order valence-electron chi connectivity index (χ3n) is 7.01. The Labute approximate surface area is 256 Å². The van der Waals surface area contributed by atoms with Crippen molar-refractivity contribution < 1.29 is 23.5 Å². The van der Waals surface area contributed by atoms with Crippen LogP contribution in [0.3, 0.4) is 0 Å². The van der Waals surface area contributed by atoms with Gasteiger partial charge in [0.1, 0.15) is 17.2 Å². The van der Waals surface area contributed by atoms with E-state index in [0.717, 1.165) is 23.4 Å². The van der Waals surface area contributed by atoms with Gasteiger partial charge in [-0.2, -0.15) is 0 Å². The molecule has 0 aliphatic rings. The summed E-state index contributed by atoms with van der Waals surface area (Å²) in [7, 11) is 0. The summed E-state index contributed by atoms with van der Waals surface area (Å²) in [6.45, 7) is 12.3. The lowest BCUT2D eigenvalue weighted by Gasteiger charge is -2.21. The van der Waals surface area contributed by atoms with E-state index in [9.17, 15) is 18.8 Å². The van der Waals surface area contributed by atoms with Crippen LogP contribution in [0.25, 0.3) is 0 Å². The van der Waals surface area contributed by atoms with Crippen LogP contribution in [0.5, 0.6) is 5.75 Å². The zero-order valence-electron chi connectivity index (χ0n) is 26.7. The van der Waals surface area contributed by atoms with Crippen molar-refractivity contribution in [3.05, 3.63) is 59.7 Å². The molecule has 3 unspecified atom stereocenters. The van der Waals surface area contributed by atoms with Gasteiger partial charge in [-0.1, -0.05) is 38.1 Å². The largest absolute Gasteiger partial charge is 0.491 e. The first-order valence-electron chi connectivity index (χ1n) is 15.0. The van der Waals surface area contributed by atoms with Gasteiger partial charge in [0, 0.05) is 44.2 Å². The number of rotatable bonds is 16. The molecule has 0 saturated heterocycles. The van der Waals surface area contributed by atoms with Gasteiger partial charge >= 0.3 is 0 Å². The molecule has 43 heavy (non-hydrogen) atoms. The summed E-state index contributed by atoms with van der Waals surface area (Å²) >= 11 is 0. The maximum absolute atomic E-state index is 13.9. The summed E-state index contributed by atoms with van der Waals surface area (Å²) in [4.78, 5) is 36.6. The van der Waals surface area contributed by atoms with Crippen LogP contribution >= 0.6 is 0 Å². The molecule has 0 fully saturated rings. The maximum atomic E-state index is 13.9. The van der Waals surface area contributed by atoms with E-state index in [2.05, 4.69) is 12.2 Å². The Morgan fingerprint density at radius 1 is 0.977 bits per heavy atom. The Morgan fingerprint density at radius 3 is 2.00 bits per heavy atom. The summed E-state index contributed by atoms with van der Waals surface area (Å²) < 4.78 is 19.7. The van der Waals surface area contributed by atoms with Crippen LogP contribution in [0, 0.1) is 5.92 Å². The molecule has 10 heteroatoms. The molecule has 2 aromatic rings. The first kappa shape index (κ1) is 37.7. The fourth-order valence-electron chi connectivity index (χ4n) is 3.99. The molecular weight excluding hydrogens is 549 g/mol. The number of carbonyl (C=O) groups is 3. The quantitative estimate of drug-likeness (QED) is 0.224. The molecule has 0 aromatic heterocycles. The fourth-order valence-corrected chi connectivity index (χ4v) is 3.99. The number of anilines is 1. The van der Waals surface area contributed by atoms with Crippen molar-refractivity contribution in [2.24, 2.45) is 23.1 Å². The number of benzene rings is 2. The molecular formula is C33H52FN5O4. The van der Waals surface area contributed by atoms with Gasteiger partial charge in [0.15, 0.2) is 0 Å². The number of carbonyl (C=O) groups excluding carboxylic acids is 3. The normalized spacial score (nSPS) is 13.2. The van der Waals surface area contributed by atoms with Crippen LogP contribution in [0.15, 0.2) is 48.5 Å². The number of ether oxygens (including phenoxy) is 1. The highest BCUT2D eigenvalue weighted by atomic mass is 19.1. The molecule has 7 N–H and O–H groups in total. The van der Waals surface area contributed by atoms with Gasteiger partial charge in [-0.25, -0.2) is 4.39 Å². The summed E-state index contributed by atoms with van der Waals surface area (Å²) in [6.07, 6.45) is 2.36. The minimum Gasteiger partial charge on any atom is -0.491 e. The second kappa shape index (κ2) is 19.0. The third kappa shape index (κ3) is 14.6. The van der Waals surface area contributed by atoms with Crippen LogP contribution in [0.4, 0.5) is 10.1 Å². The Hall–Kier alpha value is -3.34. The van der Waals surface area contributed by atoms with Crippen LogP contribution in [-0.2, 0) is 26.5 Å². The predicted molar refractivity (Wildman–Crippen MR) is 171 cm³/mol. The van der Waals surface area contributed by atoms with Crippen molar-refractivity contribution in [2.45, 2.75) is 85.0 Å². The standard InChI is InChI=1S/C23H30FNO2.C10H22N4O2/c1-6-17(3)27-21-13-11-20(12-14-21)25-22(26)16(2)15-18-7-9-19(10-8-18)23(4,5)24;1-8(15)9(13)2-3-10(16)14(6-4-11)7-5-12/h7-14,16-17H,6,15H2,1-5H3,(H,25,26);9H,2-7,11-13H2,1H3. The second-order valence-corrected chi connectivity index (χ2v) is 11.3. The molecule has 0 saturated carbocycles. The number of hydrogen-bond acceptors (Lipinski definition) is 7. The fraction of sp³-hybridized carbons (Fsp3) is 0.545. The number of nitrogens with two attached hydrogens (primary N) is 3. The molecule has 0 spiro atoms. The molecule has 2 amide bonds. The second-order valence-electron chi connectivity index (χ2n) is 11.3. The van der Waals surface area contributed by atoms with E-state index in [1.165, 1.54) is 20.8 Å². The van der Waals surface area contributed by atoms with E-state index >= 15 is 0 Å². The molecule has 0 aliphatic heterocycles. The molecule has 0 heterocycles. The lowest BCUT2D eigenvalue weighted by atomic mass is 9.95. The van der Waals surface area contributed by atoms with Crippen molar-refractivity contribution in [1.82, 2.24) is 4.90 Å². The van der Waals surface area contributed by atoms with Crippen molar-refractivity contribution in [3.8, 4) is 5.75 Å². The molecule has 240 valence electrons. The van der Waals surface area contributed by atoms with Gasteiger partial charge in [0.25, 0.3) is 0 Å². The van der Waals surface area contributed by atoms with Gasteiger partial charge in [-0.05, 0) is 82.3 Å². The first-order valence-corrected chi connectivity index (χ1v) is 15.0. The van der Waals surface area contributed by atoms with Gasteiger partial charge < -0.3 is 32.2 Å². The molecule has 0 radical (unpaired) electrons. The number of ketones is 1. The van der Waals surface area contributed by atoms with E-state index in [-0.39, 0.29) is 36.0 Å². The summed E-state index contributed by atoms with van der Waals surface area (Å²) in [5.41, 5.74) is 17.4. The number of Topliss-reactive ketones (excluding diaryl/α,β-unsaturated/α-hetero) is 1. The van der Waals surface area contributed by atoms with Gasteiger partial charge in [0.2, 0.25) is 11.8 Å². The van der Waals surface area contributed by atoms with Crippen molar-refractivity contribution in [1.29, 1.82) is 0 Å². The third-order valence-corrected chi connectivity index (χ3v) is 7.01. The van der Waals surface area contributed by atoms with Crippen LogP contribution in [0.2, 0.25) is 0 Å². The lowest BCUT2D eigenvalue weighted by Crippen LogP contribution is -2.39. The zero-order valence-corrected chi connectivity index (χ0v) is 26.7. The number of halogens is 1. The van der Waals surface area contributed by atoms with Crippen molar-refractivity contribution in [3.63, 3.8) is 0 Å². The number of nitrogens with zero attached hydrogens (tertiary/aromatic N) is 1. The monoisotopic (exact) mass is 601 g/mol. The predicted octanol–water partition coefficient (Wildman–Crippen LogP) is 4.31. The molecule has 0 aliphatic carbocycles. The number of alkyl halides is 1. The molecule has 3 atom stereocenters.